The van der Waals surface area contributed by atoms with Crippen LogP contribution in [0, 0.1) is 5.92 Å². The SMILES string of the molecule is CC(C)[C@H](NC(=O)[C@@H](N)CCC(N)=O)C(=O)N(O)[C@@H](CC(=O)O)C(N)=O. The molecule has 0 aliphatic heterocycles. The third-order valence-electron chi connectivity index (χ3n) is 3.49. The third-order valence-corrected chi connectivity index (χ3v) is 3.49. The lowest BCUT2D eigenvalue weighted by Gasteiger charge is -2.29. The van der Waals surface area contributed by atoms with Gasteiger partial charge in [0.05, 0.1) is 12.5 Å². The Balaban J connectivity index is 5.19. The first kappa shape index (κ1) is 23.3. The number of primary amides is 2. The number of nitrogens with zero attached hydrogens (tertiary/aromatic N) is 1. The number of hydroxylamine groups is 2. The van der Waals surface area contributed by atoms with Crippen LogP contribution in [0.1, 0.15) is 33.1 Å². The number of carbonyl (C=O) groups excluding carboxylic acids is 4. The van der Waals surface area contributed by atoms with Crippen LogP contribution in [0.2, 0.25) is 0 Å². The maximum Gasteiger partial charge on any atom is 0.306 e. The zero-order chi connectivity index (χ0) is 20.6. The molecule has 148 valence electrons. The van der Waals surface area contributed by atoms with Gasteiger partial charge >= 0.3 is 5.97 Å². The summed E-state index contributed by atoms with van der Waals surface area (Å²) in [6.45, 7) is 3.09. The summed E-state index contributed by atoms with van der Waals surface area (Å²) in [4.78, 5) is 57.2. The Morgan fingerprint density at radius 3 is 2.04 bits per heavy atom. The molecular weight excluding hydrogens is 350 g/mol. The summed E-state index contributed by atoms with van der Waals surface area (Å²) in [5.74, 6) is -5.78. The molecule has 0 radical (unpaired) electrons. The van der Waals surface area contributed by atoms with E-state index in [2.05, 4.69) is 5.32 Å². The highest BCUT2D eigenvalue weighted by molar-refractivity contribution is 5.93. The van der Waals surface area contributed by atoms with E-state index in [0.717, 1.165) is 0 Å². The quantitative estimate of drug-likeness (QED) is 0.164. The van der Waals surface area contributed by atoms with Gasteiger partial charge in [0.1, 0.15) is 12.1 Å². The van der Waals surface area contributed by atoms with Crippen molar-refractivity contribution >= 4 is 29.6 Å². The van der Waals surface area contributed by atoms with Gasteiger partial charge in [0.2, 0.25) is 17.7 Å². The van der Waals surface area contributed by atoms with Crippen LogP contribution in [0.25, 0.3) is 0 Å². The summed E-state index contributed by atoms with van der Waals surface area (Å²) in [5, 5.41) is 20.9. The van der Waals surface area contributed by atoms with E-state index in [1.807, 2.05) is 0 Å². The zero-order valence-corrected chi connectivity index (χ0v) is 14.5. The van der Waals surface area contributed by atoms with Gasteiger partial charge in [-0.3, -0.25) is 29.2 Å². The van der Waals surface area contributed by atoms with E-state index in [9.17, 15) is 29.2 Å². The van der Waals surface area contributed by atoms with E-state index < -0.39 is 60.1 Å². The number of nitrogens with one attached hydrogen (secondary N) is 1. The van der Waals surface area contributed by atoms with E-state index in [-0.39, 0.29) is 17.9 Å². The van der Waals surface area contributed by atoms with Crippen molar-refractivity contribution in [2.75, 3.05) is 0 Å². The maximum atomic E-state index is 12.4. The predicted octanol–water partition coefficient (Wildman–Crippen LogP) is -2.73. The average Bonchev–Trinajstić information content (AvgIpc) is 2.52. The highest BCUT2D eigenvalue weighted by Crippen LogP contribution is 2.11. The summed E-state index contributed by atoms with van der Waals surface area (Å²) in [7, 11) is 0. The van der Waals surface area contributed by atoms with E-state index >= 15 is 0 Å². The van der Waals surface area contributed by atoms with Crippen molar-refractivity contribution in [2.24, 2.45) is 23.1 Å². The molecule has 0 rings (SSSR count). The van der Waals surface area contributed by atoms with Crippen molar-refractivity contribution in [1.29, 1.82) is 0 Å². The minimum absolute atomic E-state index is 0.0497. The maximum absolute atomic E-state index is 12.4. The van der Waals surface area contributed by atoms with Gasteiger partial charge in [-0.05, 0) is 12.3 Å². The van der Waals surface area contributed by atoms with E-state index in [1.165, 1.54) is 0 Å². The molecule has 9 N–H and O–H groups in total. The number of nitrogens with two attached hydrogens (primary N) is 3. The Kier molecular flexibility index (Phi) is 9.22. The van der Waals surface area contributed by atoms with Crippen molar-refractivity contribution in [2.45, 2.75) is 51.2 Å². The zero-order valence-electron chi connectivity index (χ0n) is 14.5. The number of aliphatic carboxylic acids is 1. The molecule has 0 aromatic heterocycles. The number of rotatable bonds is 11. The van der Waals surface area contributed by atoms with Gasteiger partial charge < -0.3 is 27.6 Å². The van der Waals surface area contributed by atoms with Crippen LogP contribution in [-0.4, -0.2) is 63.1 Å². The fourth-order valence-electron chi connectivity index (χ4n) is 1.97. The summed E-state index contributed by atoms with van der Waals surface area (Å²) < 4.78 is 0. The molecule has 0 aromatic rings. The van der Waals surface area contributed by atoms with Crippen LogP contribution < -0.4 is 22.5 Å². The second kappa shape index (κ2) is 10.3. The van der Waals surface area contributed by atoms with Crippen LogP contribution in [0.3, 0.4) is 0 Å². The first-order chi connectivity index (χ1) is 11.9. The van der Waals surface area contributed by atoms with Crippen molar-refractivity contribution in [1.82, 2.24) is 10.4 Å². The average molecular weight is 375 g/mol. The molecular formula is C14H25N5O7. The molecule has 0 fully saturated rings. The van der Waals surface area contributed by atoms with Gasteiger partial charge in [-0.15, -0.1) is 0 Å². The molecule has 0 unspecified atom stereocenters. The second-order valence-electron chi connectivity index (χ2n) is 6.04. The van der Waals surface area contributed by atoms with Crippen molar-refractivity contribution < 1.29 is 34.3 Å². The Bertz CT molecular complexity index is 566. The standard InChI is InChI=1S/C14H25N5O7/c1-6(2)11(18-13(24)7(15)3-4-9(16)20)14(25)19(26)8(12(17)23)5-10(21)22/h6-8,11,26H,3-5,15H2,1-2H3,(H2,16,20)(H2,17,23)(H,18,24)(H,21,22)/t7-,8-,11-/m0/s1. The van der Waals surface area contributed by atoms with Crippen LogP contribution in [-0.2, 0) is 24.0 Å². The Morgan fingerprint density at radius 1 is 1.12 bits per heavy atom. The molecule has 4 amide bonds. The summed E-state index contributed by atoms with van der Waals surface area (Å²) in [6, 6.07) is -4.24. The predicted molar refractivity (Wildman–Crippen MR) is 87.0 cm³/mol. The number of carbonyl (C=O) groups is 5. The minimum atomic E-state index is -1.80. The van der Waals surface area contributed by atoms with Crippen LogP contribution in [0.4, 0.5) is 0 Å². The number of amides is 4. The summed E-state index contributed by atoms with van der Waals surface area (Å²) in [6.07, 6.45) is -1.09. The first-order valence-corrected chi connectivity index (χ1v) is 7.75. The van der Waals surface area contributed by atoms with Crippen molar-refractivity contribution in [3.05, 3.63) is 0 Å². The molecule has 3 atom stereocenters. The minimum Gasteiger partial charge on any atom is -0.481 e. The molecule has 0 spiro atoms. The molecule has 0 heterocycles. The van der Waals surface area contributed by atoms with E-state index in [1.54, 1.807) is 13.8 Å². The first-order valence-electron chi connectivity index (χ1n) is 7.75. The number of carboxylic acid groups (broad SMARTS) is 1. The highest BCUT2D eigenvalue weighted by Gasteiger charge is 2.36. The Hall–Kier alpha value is -2.73. The van der Waals surface area contributed by atoms with Gasteiger partial charge in [0.15, 0.2) is 0 Å². The Morgan fingerprint density at radius 2 is 1.65 bits per heavy atom. The van der Waals surface area contributed by atoms with Crippen molar-refractivity contribution in [3.8, 4) is 0 Å². The number of hydrogen-bond donors (Lipinski definition) is 6. The molecule has 12 nitrogen and oxygen atoms in total. The number of hydrogen-bond acceptors (Lipinski definition) is 7. The normalized spacial score (nSPS) is 14.2. The van der Waals surface area contributed by atoms with Crippen LogP contribution in [0.15, 0.2) is 0 Å². The third kappa shape index (κ3) is 7.44. The molecule has 26 heavy (non-hydrogen) atoms. The monoisotopic (exact) mass is 375 g/mol. The lowest BCUT2D eigenvalue weighted by molar-refractivity contribution is -0.184. The van der Waals surface area contributed by atoms with Gasteiger partial charge in [-0.2, -0.15) is 0 Å². The van der Waals surface area contributed by atoms with Gasteiger partial charge in [0, 0.05) is 6.42 Å². The molecule has 0 aliphatic rings. The fraction of sp³-hybridized carbons (Fsp3) is 0.643. The number of carboxylic acids is 1. The van der Waals surface area contributed by atoms with Gasteiger partial charge in [0.25, 0.3) is 5.91 Å². The lowest BCUT2D eigenvalue weighted by Crippen LogP contribution is -2.57. The lowest BCUT2D eigenvalue weighted by atomic mass is 10.0. The molecule has 0 aromatic carbocycles. The summed E-state index contributed by atoms with van der Waals surface area (Å²) in [5.41, 5.74) is 15.6. The van der Waals surface area contributed by atoms with Gasteiger partial charge in [-0.25, -0.2) is 5.06 Å². The van der Waals surface area contributed by atoms with Gasteiger partial charge in [-0.1, -0.05) is 13.8 Å². The topological polar surface area (TPSA) is 219 Å². The molecule has 0 aliphatic carbocycles. The Labute approximate surface area is 149 Å². The van der Waals surface area contributed by atoms with Crippen LogP contribution in [0.5, 0.6) is 0 Å². The molecule has 12 heteroatoms. The highest BCUT2D eigenvalue weighted by atomic mass is 16.5. The summed E-state index contributed by atoms with van der Waals surface area (Å²) >= 11 is 0. The molecule has 0 saturated carbocycles. The second-order valence-corrected chi connectivity index (χ2v) is 6.04. The molecule has 0 saturated heterocycles. The van der Waals surface area contributed by atoms with Crippen molar-refractivity contribution in [3.63, 3.8) is 0 Å². The smallest absolute Gasteiger partial charge is 0.306 e. The van der Waals surface area contributed by atoms with E-state index in [4.69, 9.17) is 22.3 Å². The fourth-order valence-corrected chi connectivity index (χ4v) is 1.97. The van der Waals surface area contributed by atoms with E-state index in [0.29, 0.717) is 0 Å². The van der Waals surface area contributed by atoms with Crippen LogP contribution >= 0.6 is 0 Å². The largest absolute Gasteiger partial charge is 0.481 e. The molecule has 0 bridgehead atoms.